The fraction of sp³-hybridized carbons (Fsp3) is 0.200. The molecular formula is C10H11BrN2O. The van der Waals surface area contributed by atoms with Crippen molar-refractivity contribution in [3.05, 3.63) is 28.4 Å². The van der Waals surface area contributed by atoms with Gasteiger partial charge in [0, 0.05) is 18.1 Å². The van der Waals surface area contributed by atoms with E-state index in [1.165, 1.54) is 0 Å². The van der Waals surface area contributed by atoms with Gasteiger partial charge in [-0.25, -0.2) is 0 Å². The minimum absolute atomic E-state index is 0.533. The Bertz CT molecular complexity index is 464. The number of halogens is 1. The van der Waals surface area contributed by atoms with Crippen LogP contribution in [0.4, 0.5) is 0 Å². The van der Waals surface area contributed by atoms with Crippen LogP contribution in [0.15, 0.2) is 22.8 Å². The summed E-state index contributed by atoms with van der Waals surface area (Å²) in [4.78, 5) is 3.16. The highest BCUT2D eigenvalue weighted by Crippen LogP contribution is 2.33. The van der Waals surface area contributed by atoms with Crippen molar-refractivity contribution in [2.45, 2.75) is 6.54 Å². The number of nitrogens with two attached hydrogens (primary N) is 1. The monoisotopic (exact) mass is 254 g/mol. The Morgan fingerprint density at radius 1 is 1.50 bits per heavy atom. The van der Waals surface area contributed by atoms with Gasteiger partial charge in [0.05, 0.1) is 17.1 Å². The van der Waals surface area contributed by atoms with Crippen molar-refractivity contribution in [3.8, 4) is 5.75 Å². The topological polar surface area (TPSA) is 51.0 Å². The molecule has 1 aromatic carbocycles. The Labute approximate surface area is 90.4 Å². The van der Waals surface area contributed by atoms with E-state index in [1.54, 1.807) is 7.11 Å². The van der Waals surface area contributed by atoms with Crippen molar-refractivity contribution < 1.29 is 4.74 Å². The Morgan fingerprint density at radius 3 is 2.93 bits per heavy atom. The van der Waals surface area contributed by atoms with Crippen molar-refractivity contribution in [1.29, 1.82) is 0 Å². The molecule has 0 amide bonds. The van der Waals surface area contributed by atoms with E-state index in [9.17, 15) is 0 Å². The largest absolute Gasteiger partial charge is 0.493 e. The second-order valence-electron chi connectivity index (χ2n) is 3.02. The molecule has 0 atom stereocenters. The van der Waals surface area contributed by atoms with Crippen molar-refractivity contribution in [1.82, 2.24) is 4.98 Å². The first-order valence-corrected chi connectivity index (χ1v) is 5.09. The smallest absolute Gasteiger partial charge is 0.157 e. The predicted octanol–water partition coefficient (Wildman–Crippen LogP) is 2.40. The van der Waals surface area contributed by atoms with Gasteiger partial charge in [0.2, 0.25) is 0 Å². The Kier molecular flexibility index (Phi) is 2.48. The number of fused-ring (bicyclic) bond motifs is 1. The summed E-state index contributed by atoms with van der Waals surface area (Å²) in [5.41, 5.74) is 7.71. The number of rotatable bonds is 2. The van der Waals surface area contributed by atoms with Gasteiger partial charge in [-0.05, 0) is 27.6 Å². The molecule has 74 valence electrons. The summed E-state index contributed by atoms with van der Waals surface area (Å²) in [6, 6.07) is 3.99. The van der Waals surface area contributed by atoms with Crippen molar-refractivity contribution >= 4 is 26.8 Å². The maximum atomic E-state index is 5.62. The van der Waals surface area contributed by atoms with Gasteiger partial charge in [0.25, 0.3) is 0 Å². The average molecular weight is 255 g/mol. The molecule has 14 heavy (non-hydrogen) atoms. The van der Waals surface area contributed by atoms with Crippen molar-refractivity contribution in [2.75, 3.05) is 7.11 Å². The second kappa shape index (κ2) is 3.63. The molecule has 0 saturated heterocycles. The predicted molar refractivity (Wildman–Crippen MR) is 60.4 cm³/mol. The molecule has 0 radical (unpaired) electrons. The summed E-state index contributed by atoms with van der Waals surface area (Å²) >= 11 is 3.43. The summed E-state index contributed by atoms with van der Waals surface area (Å²) in [5.74, 6) is 0.821. The number of aromatic amines is 1. The fourth-order valence-corrected chi connectivity index (χ4v) is 2.07. The third kappa shape index (κ3) is 1.31. The minimum atomic E-state index is 0.533. The highest BCUT2D eigenvalue weighted by atomic mass is 79.9. The second-order valence-corrected chi connectivity index (χ2v) is 3.88. The molecule has 1 heterocycles. The number of methoxy groups -OCH3 is 1. The van der Waals surface area contributed by atoms with Crippen LogP contribution in [-0.4, -0.2) is 12.1 Å². The number of hydrogen-bond donors (Lipinski definition) is 2. The zero-order chi connectivity index (χ0) is 10.1. The third-order valence-electron chi connectivity index (χ3n) is 2.27. The summed E-state index contributed by atoms with van der Waals surface area (Å²) in [7, 11) is 1.66. The summed E-state index contributed by atoms with van der Waals surface area (Å²) in [6.45, 7) is 0.533. The molecule has 3 N–H and O–H groups in total. The lowest BCUT2D eigenvalue weighted by molar-refractivity contribution is 0.416. The first-order valence-electron chi connectivity index (χ1n) is 4.30. The molecule has 2 aromatic rings. The molecule has 1 aromatic heterocycles. The van der Waals surface area contributed by atoms with Gasteiger partial charge in [-0.3, -0.25) is 0 Å². The molecule has 0 bridgehead atoms. The van der Waals surface area contributed by atoms with Crippen molar-refractivity contribution in [2.24, 2.45) is 5.73 Å². The summed E-state index contributed by atoms with van der Waals surface area (Å²) in [6.07, 6.45) is 1.92. The van der Waals surface area contributed by atoms with E-state index < -0.39 is 0 Å². The van der Waals surface area contributed by atoms with Crippen LogP contribution in [0.25, 0.3) is 10.9 Å². The van der Waals surface area contributed by atoms with Gasteiger partial charge in [-0.1, -0.05) is 6.07 Å². The van der Waals surface area contributed by atoms with Crippen LogP contribution in [0, 0.1) is 0 Å². The van der Waals surface area contributed by atoms with Crippen LogP contribution >= 0.6 is 15.9 Å². The zero-order valence-corrected chi connectivity index (χ0v) is 9.39. The van der Waals surface area contributed by atoms with Crippen LogP contribution in [0.3, 0.4) is 0 Å². The number of nitrogens with one attached hydrogen (secondary N) is 1. The molecule has 0 saturated carbocycles. The lowest BCUT2D eigenvalue weighted by Gasteiger charge is -2.04. The quantitative estimate of drug-likeness (QED) is 0.865. The maximum Gasteiger partial charge on any atom is 0.157 e. The summed E-state index contributed by atoms with van der Waals surface area (Å²) < 4.78 is 6.24. The van der Waals surface area contributed by atoms with Gasteiger partial charge in [0.1, 0.15) is 0 Å². The lowest BCUT2D eigenvalue weighted by Crippen LogP contribution is -1.94. The number of hydrogen-bond acceptors (Lipinski definition) is 2. The molecule has 3 nitrogen and oxygen atoms in total. The number of H-pyrrole nitrogens is 1. The Hall–Kier alpha value is -1.00. The third-order valence-corrected chi connectivity index (χ3v) is 2.89. The molecule has 0 aliphatic carbocycles. The molecular weight excluding hydrogens is 244 g/mol. The van der Waals surface area contributed by atoms with Crippen LogP contribution in [0.5, 0.6) is 5.75 Å². The Balaban J connectivity index is 2.76. The maximum absolute atomic E-state index is 5.62. The van der Waals surface area contributed by atoms with Crippen molar-refractivity contribution in [3.63, 3.8) is 0 Å². The Morgan fingerprint density at radius 2 is 2.29 bits per heavy atom. The van der Waals surface area contributed by atoms with E-state index >= 15 is 0 Å². The number of aromatic nitrogens is 1. The van der Waals surface area contributed by atoms with E-state index in [0.717, 1.165) is 26.7 Å². The van der Waals surface area contributed by atoms with Crippen LogP contribution in [-0.2, 0) is 6.54 Å². The van der Waals surface area contributed by atoms with Gasteiger partial charge in [-0.2, -0.15) is 0 Å². The molecule has 0 aliphatic rings. The molecule has 0 aliphatic heterocycles. The fourth-order valence-electron chi connectivity index (χ4n) is 1.57. The van der Waals surface area contributed by atoms with E-state index in [0.29, 0.717) is 6.54 Å². The molecule has 0 unspecified atom stereocenters. The molecule has 2 rings (SSSR count). The normalized spacial score (nSPS) is 10.8. The minimum Gasteiger partial charge on any atom is -0.493 e. The summed E-state index contributed by atoms with van der Waals surface area (Å²) in [5, 5.41) is 1.12. The van der Waals surface area contributed by atoms with Crippen LogP contribution in [0.2, 0.25) is 0 Å². The highest BCUT2D eigenvalue weighted by molar-refractivity contribution is 9.10. The SMILES string of the molecule is COc1c(Br)ccc2c(CN)c[nH]c12. The van der Waals surface area contributed by atoms with E-state index in [2.05, 4.69) is 20.9 Å². The first-order chi connectivity index (χ1) is 6.77. The van der Waals surface area contributed by atoms with E-state index in [1.807, 2.05) is 18.3 Å². The molecule has 0 spiro atoms. The van der Waals surface area contributed by atoms with Gasteiger partial charge >= 0.3 is 0 Å². The molecule has 0 fully saturated rings. The average Bonchev–Trinajstić information content (AvgIpc) is 2.60. The van der Waals surface area contributed by atoms with Gasteiger partial charge in [-0.15, -0.1) is 0 Å². The van der Waals surface area contributed by atoms with Crippen LogP contribution < -0.4 is 10.5 Å². The van der Waals surface area contributed by atoms with Gasteiger partial charge < -0.3 is 15.5 Å². The first kappa shape index (κ1) is 9.55. The standard InChI is InChI=1S/C10H11BrN2O/c1-14-10-8(11)3-2-7-6(4-12)5-13-9(7)10/h2-3,5,13H,4,12H2,1H3. The van der Waals surface area contributed by atoms with E-state index in [4.69, 9.17) is 10.5 Å². The number of benzene rings is 1. The highest BCUT2D eigenvalue weighted by Gasteiger charge is 2.09. The molecule has 4 heteroatoms. The lowest BCUT2D eigenvalue weighted by atomic mass is 10.1. The van der Waals surface area contributed by atoms with Crippen LogP contribution in [0.1, 0.15) is 5.56 Å². The zero-order valence-electron chi connectivity index (χ0n) is 7.80. The number of ether oxygens (including phenoxy) is 1. The van der Waals surface area contributed by atoms with Gasteiger partial charge in [0.15, 0.2) is 5.75 Å². The van der Waals surface area contributed by atoms with E-state index in [-0.39, 0.29) is 0 Å².